The van der Waals surface area contributed by atoms with Gasteiger partial charge >= 0.3 is 6.18 Å². The first kappa shape index (κ1) is 20.4. The number of aliphatic hydroxyl groups is 1. The van der Waals surface area contributed by atoms with E-state index in [2.05, 4.69) is 25.2 Å². The van der Waals surface area contributed by atoms with Crippen molar-refractivity contribution in [2.45, 2.75) is 12.3 Å². The highest BCUT2D eigenvalue weighted by Gasteiger charge is 2.27. The summed E-state index contributed by atoms with van der Waals surface area (Å²) < 4.78 is 40.2. The SMILES string of the molecule is Nc1nc(NC[C@H](O)COCC(F)(F)F)nnc1-c1cccc(Cl)c1Cl. The van der Waals surface area contributed by atoms with E-state index >= 15 is 0 Å². The number of aromatic nitrogens is 3. The first-order chi connectivity index (χ1) is 12.2. The second-order valence-corrected chi connectivity index (χ2v) is 5.92. The van der Waals surface area contributed by atoms with Gasteiger partial charge in [-0.15, -0.1) is 10.2 Å². The van der Waals surface area contributed by atoms with Gasteiger partial charge in [0.2, 0.25) is 5.95 Å². The highest BCUT2D eigenvalue weighted by Crippen LogP contribution is 2.34. The molecule has 0 saturated heterocycles. The summed E-state index contributed by atoms with van der Waals surface area (Å²) in [6.45, 7) is -2.11. The molecule has 4 N–H and O–H groups in total. The van der Waals surface area contributed by atoms with Gasteiger partial charge < -0.3 is 20.9 Å². The van der Waals surface area contributed by atoms with Crippen LogP contribution in [0.4, 0.5) is 24.9 Å². The molecular weight excluding hydrogens is 398 g/mol. The normalized spacial score (nSPS) is 12.8. The van der Waals surface area contributed by atoms with Crippen LogP contribution in [0.15, 0.2) is 18.2 Å². The number of nitrogens with one attached hydrogen (secondary N) is 1. The molecule has 1 atom stereocenters. The van der Waals surface area contributed by atoms with E-state index in [-0.39, 0.29) is 29.0 Å². The van der Waals surface area contributed by atoms with Crippen LogP contribution in [0, 0.1) is 0 Å². The Kier molecular flexibility index (Phi) is 6.81. The minimum absolute atomic E-state index is 0.00878. The zero-order chi connectivity index (χ0) is 19.3. The lowest BCUT2D eigenvalue weighted by Crippen LogP contribution is -2.28. The summed E-state index contributed by atoms with van der Waals surface area (Å²) in [5.41, 5.74) is 6.51. The van der Waals surface area contributed by atoms with Crippen LogP contribution in [0.2, 0.25) is 10.0 Å². The third kappa shape index (κ3) is 5.84. The number of nitrogens with zero attached hydrogens (tertiary/aromatic N) is 3. The molecule has 1 aromatic carbocycles. The topological polar surface area (TPSA) is 106 Å². The van der Waals surface area contributed by atoms with Gasteiger partial charge in [-0.25, -0.2) is 0 Å². The molecule has 12 heteroatoms. The molecule has 0 aliphatic rings. The maximum absolute atomic E-state index is 12.0. The van der Waals surface area contributed by atoms with Crippen molar-refractivity contribution in [3.63, 3.8) is 0 Å². The Bertz CT molecular complexity index is 764. The van der Waals surface area contributed by atoms with Crippen LogP contribution in [0.25, 0.3) is 11.3 Å². The average molecular weight is 412 g/mol. The number of benzene rings is 1. The van der Waals surface area contributed by atoms with Crippen LogP contribution in [-0.2, 0) is 4.74 Å². The third-order valence-corrected chi connectivity index (χ3v) is 3.81. The fraction of sp³-hybridized carbons (Fsp3) is 0.357. The molecule has 0 unspecified atom stereocenters. The molecule has 0 aliphatic heterocycles. The van der Waals surface area contributed by atoms with Gasteiger partial charge in [0.1, 0.15) is 12.3 Å². The standard InChI is InChI=1S/C14H14Cl2F3N5O2/c15-9-3-1-2-8(10(9)16)11-12(20)22-13(24-23-11)21-4-7(25)5-26-6-14(17,18)19/h1-3,7,25H,4-6H2,(H3,20,21,22,24)/t7-/m0/s1. The van der Waals surface area contributed by atoms with E-state index in [9.17, 15) is 18.3 Å². The Morgan fingerprint density at radius 3 is 2.65 bits per heavy atom. The number of nitrogens with two attached hydrogens (primary N) is 1. The van der Waals surface area contributed by atoms with Gasteiger partial charge in [-0.2, -0.15) is 18.2 Å². The van der Waals surface area contributed by atoms with Crippen LogP contribution in [-0.4, -0.2) is 52.3 Å². The van der Waals surface area contributed by atoms with E-state index in [0.29, 0.717) is 10.6 Å². The average Bonchev–Trinajstić information content (AvgIpc) is 2.55. The summed E-state index contributed by atoms with van der Waals surface area (Å²) in [5, 5.41) is 20.5. The van der Waals surface area contributed by atoms with Crippen LogP contribution >= 0.6 is 23.2 Å². The Labute approximate surface area is 156 Å². The first-order valence-electron chi connectivity index (χ1n) is 7.18. The summed E-state index contributed by atoms with van der Waals surface area (Å²) in [4.78, 5) is 3.97. The number of rotatable bonds is 7. The van der Waals surface area contributed by atoms with E-state index in [1.165, 1.54) is 0 Å². The molecule has 2 rings (SSSR count). The third-order valence-electron chi connectivity index (χ3n) is 2.99. The zero-order valence-electron chi connectivity index (χ0n) is 13.1. The number of ether oxygens (including phenoxy) is 1. The molecule has 26 heavy (non-hydrogen) atoms. The first-order valence-corrected chi connectivity index (χ1v) is 7.94. The minimum atomic E-state index is -4.45. The largest absolute Gasteiger partial charge is 0.411 e. The van der Waals surface area contributed by atoms with Gasteiger partial charge in [0, 0.05) is 12.1 Å². The van der Waals surface area contributed by atoms with Crippen LogP contribution < -0.4 is 11.1 Å². The van der Waals surface area contributed by atoms with E-state index in [1.807, 2.05) is 0 Å². The smallest absolute Gasteiger partial charge is 0.389 e. The van der Waals surface area contributed by atoms with Crippen LogP contribution in [0.3, 0.4) is 0 Å². The molecule has 0 fully saturated rings. The van der Waals surface area contributed by atoms with Crippen molar-refractivity contribution in [1.29, 1.82) is 0 Å². The molecule has 1 heterocycles. The maximum atomic E-state index is 12.0. The molecule has 0 aliphatic carbocycles. The van der Waals surface area contributed by atoms with Crippen molar-refractivity contribution in [3.05, 3.63) is 28.2 Å². The quantitative estimate of drug-likeness (QED) is 0.642. The van der Waals surface area contributed by atoms with E-state index in [0.717, 1.165) is 0 Å². The fourth-order valence-electron chi connectivity index (χ4n) is 1.87. The van der Waals surface area contributed by atoms with Gasteiger partial charge in [0.05, 0.1) is 22.8 Å². The minimum Gasteiger partial charge on any atom is -0.389 e. The van der Waals surface area contributed by atoms with E-state index < -0.39 is 25.5 Å². The van der Waals surface area contributed by atoms with Crippen molar-refractivity contribution < 1.29 is 23.0 Å². The second kappa shape index (κ2) is 8.67. The molecule has 2 aromatic rings. The molecule has 0 bridgehead atoms. The lowest BCUT2D eigenvalue weighted by Gasteiger charge is -2.14. The fourth-order valence-corrected chi connectivity index (χ4v) is 2.26. The molecule has 0 amide bonds. The Morgan fingerprint density at radius 1 is 1.27 bits per heavy atom. The Morgan fingerprint density at radius 2 is 2.00 bits per heavy atom. The highest BCUT2D eigenvalue weighted by atomic mass is 35.5. The van der Waals surface area contributed by atoms with Crippen molar-refractivity contribution in [3.8, 4) is 11.3 Å². The number of halogens is 5. The molecule has 1 aromatic heterocycles. The summed E-state index contributed by atoms with van der Waals surface area (Å²) >= 11 is 12.0. The molecule has 0 radical (unpaired) electrons. The Hall–Kier alpha value is -1.88. The lowest BCUT2D eigenvalue weighted by molar-refractivity contribution is -0.178. The van der Waals surface area contributed by atoms with Crippen LogP contribution in [0.1, 0.15) is 0 Å². The van der Waals surface area contributed by atoms with Gasteiger partial charge in [-0.1, -0.05) is 35.3 Å². The number of hydrogen-bond donors (Lipinski definition) is 3. The van der Waals surface area contributed by atoms with Crippen molar-refractivity contribution in [2.24, 2.45) is 0 Å². The van der Waals surface area contributed by atoms with E-state index in [1.54, 1.807) is 18.2 Å². The monoisotopic (exact) mass is 411 g/mol. The van der Waals surface area contributed by atoms with Gasteiger partial charge in [0.15, 0.2) is 5.82 Å². The predicted molar refractivity (Wildman–Crippen MR) is 91.1 cm³/mol. The van der Waals surface area contributed by atoms with Crippen molar-refractivity contribution in [1.82, 2.24) is 15.2 Å². The van der Waals surface area contributed by atoms with Crippen LogP contribution in [0.5, 0.6) is 0 Å². The van der Waals surface area contributed by atoms with Gasteiger partial charge in [-0.3, -0.25) is 0 Å². The summed E-state index contributed by atoms with van der Waals surface area (Å²) in [6, 6.07) is 4.90. The number of aliphatic hydroxyl groups excluding tert-OH is 1. The number of nitrogen functional groups attached to an aromatic ring is 1. The lowest BCUT2D eigenvalue weighted by atomic mass is 10.1. The summed E-state index contributed by atoms with van der Waals surface area (Å²) in [5.74, 6) is -0.00579. The second-order valence-electron chi connectivity index (χ2n) is 5.14. The molecule has 142 valence electrons. The number of hydrogen-bond acceptors (Lipinski definition) is 7. The zero-order valence-corrected chi connectivity index (χ0v) is 14.6. The van der Waals surface area contributed by atoms with Crippen molar-refractivity contribution in [2.75, 3.05) is 30.8 Å². The Balaban J connectivity index is 1.96. The van der Waals surface area contributed by atoms with E-state index in [4.69, 9.17) is 28.9 Å². The highest BCUT2D eigenvalue weighted by molar-refractivity contribution is 6.43. The summed E-state index contributed by atoms with van der Waals surface area (Å²) in [6.07, 6.45) is -5.66. The van der Waals surface area contributed by atoms with Gasteiger partial charge in [-0.05, 0) is 6.07 Å². The molecule has 0 saturated carbocycles. The maximum Gasteiger partial charge on any atom is 0.411 e. The number of alkyl halides is 3. The molecule has 7 nitrogen and oxygen atoms in total. The molecular formula is C14H14Cl2F3N5O2. The van der Waals surface area contributed by atoms with Crippen molar-refractivity contribution >= 4 is 35.0 Å². The molecule has 0 spiro atoms. The summed E-state index contributed by atoms with van der Waals surface area (Å²) in [7, 11) is 0. The predicted octanol–water partition coefficient (Wildman–Crippen LogP) is 2.78. The van der Waals surface area contributed by atoms with Gasteiger partial charge in [0.25, 0.3) is 0 Å². The number of anilines is 2.